The predicted octanol–water partition coefficient (Wildman–Crippen LogP) is 1.76. The molecule has 0 aromatic carbocycles. The first-order valence-corrected chi connectivity index (χ1v) is 8.90. The molecule has 0 atom stereocenters. The highest BCUT2D eigenvalue weighted by atomic mass is 16.6. The monoisotopic (exact) mass is 360 g/mol. The lowest BCUT2D eigenvalue weighted by Crippen LogP contribution is -2.51. The van der Waals surface area contributed by atoms with E-state index in [9.17, 15) is 9.59 Å². The number of ether oxygens (including phenoxy) is 1. The van der Waals surface area contributed by atoms with Crippen LogP contribution in [0.15, 0.2) is 30.6 Å². The summed E-state index contributed by atoms with van der Waals surface area (Å²) in [6.45, 7) is 9.78. The van der Waals surface area contributed by atoms with Crippen LogP contribution in [-0.2, 0) is 9.53 Å². The maximum atomic E-state index is 12.0. The molecule has 0 spiro atoms. The Hall–Kier alpha value is -2.41. The molecule has 1 aromatic rings. The summed E-state index contributed by atoms with van der Waals surface area (Å²) in [6.07, 6.45) is 6.39. The molecule has 0 bridgehead atoms. The summed E-state index contributed by atoms with van der Waals surface area (Å²) in [5, 5.41) is 2.87. The van der Waals surface area contributed by atoms with Gasteiger partial charge in [-0.25, -0.2) is 4.79 Å². The molecule has 0 saturated carbocycles. The van der Waals surface area contributed by atoms with Gasteiger partial charge in [-0.15, -0.1) is 0 Å². The molecule has 1 N–H and O–H groups in total. The van der Waals surface area contributed by atoms with Gasteiger partial charge in [0.1, 0.15) is 5.60 Å². The van der Waals surface area contributed by atoms with Crippen LogP contribution >= 0.6 is 0 Å². The molecule has 1 aliphatic heterocycles. The lowest BCUT2D eigenvalue weighted by Gasteiger charge is -2.35. The fraction of sp³-hybridized carbons (Fsp3) is 0.526. The van der Waals surface area contributed by atoms with Crippen molar-refractivity contribution in [2.45, 2.75) is 26.4 Å². The van der Waals surface area contributed by atoms with Gasteiger partial charge in [-0.1, -0.05) is 6.07 Å². The van der Waals surface area contributed by atoms with Gasteiger partial charge in [-0.05, 0) is 38.5 Å². The number of amides is 2. The van der Waals surface area contributed by atoms with Gasteiger partial charge >= 0.3 is 6.09 Å². The number of hydrogen-bond acceptors (Lipinski definition) is 5. The lowest BCUT2D eigenvalue weighted by atomic mass is 10.2. The van der Waals surface area contributed by atoms with Crippen molar-refractivity contribution in [1.82, 2.24) is 20.1 Å². The molecule has 2 rings (SSSR count). The van der Waals surface area contributed by atoms with Crippen molar-refractivity contribution in [3.63, 3.8) is 0 Å². The number of nitrogens with one attached hydrogen (secondary N) is 1. The van der Waals surface area contributed by atoms with Gasteiger partial charge in [-0.3, -0.25) is 14.7 Å². The fourth-order valence-electron chi connectivity index (χ4n) is 2.52. The number of pyridine rings is 1. The molecule has 1 aromatic heterocycles. The van der Waals surface area contributed by atoms with E-state index in [4.69, 9.17) is 4.74 Å². The highest BCUT2D eigenvalue weighted by Gasteiger charge is 2.25. The van der Waals surface area contributed by atoms with Crippen LogP contribution in [0.1, 0.15) is 26.3 Å². The number of piperazine rings is 1. The largest absolute Gasteiger partial charge is 0.444 e. The SMILES string of the molecule is CC(C)(C)OC(=O)N1CCN(CCNC(=O)C=Cc2cccnc2)CC1. The van der Waals surface area contributed by atoms with E-state index in [1.165, 1.54) is 6.08 Å². The third-order valence-electron chi connectivity index (χ3n) is 3.86. The minimum Gasteiger partial charge on any atom is -0.444 e. The summed E-state index contributed by atoms with van der Waals surface area (Å²) in [5.41, 5.74) is 0.419. The molecular formula is C19H28N4O3. The third kappa shape index (κ3) is 7.23. The maximum absolute atomic E-state index is 12.0. The second-order valence-corrected chi connectivity index (χ2v) is 7.22. The van der Waals surface area contributed by atoms with Crippen LogP contribution in [0.3, 0.4) is 0 Å². The van der Waals surface area contributed by atoms with Crippen molar-refractivity contribution in [2.75, 3.05) is 39.3 Å². The zero-order chi connectivity index (χ0) is 19.0. The standard InChI is InChI=1S/C19H28N4O3/c1-19(2,3)26-18(25)23-13-11-22(12-14-23)10-9-21-17(24)7-6-16-5-4-8-20-15-16/h4-8,15H,9-14H2,1-3H3,(H,21,24). The van der Waals surface area contributed by atoms with Gasteiger partial charge < -0.3 is 15.0 Å². The molecule has 0 radical (unpaired) electrons. The average molecular weight is 360 g/mol. The van der Waals surface area contributed by atoms with Crippen molar-refractivity contribution in [3.05, 3.63) is 36.2 Å². The van der Waals surface area contributed by atoms with Crippen molar-refractivity contribution in [3.8, 4) is 0 Å². The van der Waals surface area contributed by atoms with Crippen LogP contribution in [0.25, 0.3) is 6.08 Å². The van der Waals surface area contributed by atoms with Crippen LogP contribution in [0.2, 0.25) is 0 Å². The highest BCUT2D eigenvalue weighted by Crippen LogP contribution is 2.11. The molecule has 7 heteroatoms. The molecular weight excluding hydrogens is 332 g/mol. The molecule has 26 heavy (non-hydrogen) atoms. The Labute approximate surface area is 155 Å². The molecule has 1 saturated heterocycles. The molecule has 2 heterocycles. The first kappa shape index (κ1) is 19.9. The van der Waals surface area contributed by atoms with Crippen LogP contribution in [0, 0.1) is 0 Å². The topological polar surface area (TPSA) is 74.8 Å². The number of carbonyl (C=O) groups is 2. The van der Waals surface area contributed by atoms with Gasteiger partial charge in [0.25, 0.3) is 0 Å². The first-order chi connectivity index (χ1) is 12.3. The van der Waals surface area contributed by atoms with Crippen molar-refractivity contribution in [1.29, 1.82) is 0 Å². The van der Waals surface area contributed by atoms with Crippen molar-refractivity contribution >= 4 is 18.1 Å². The zero-order valence-corrected chi connectivity index (χ0v) is 15.8. The number of aromatic nitrogens is 1. The summed E-state index contributed by atoms with van der Waals surface area (Å²) in [7, 11) is 0. The van der Waals surface area contributed by atoms with E-state index in [2.05, 4.69) is 15.2 Å². The Morgan fingerprint density at radius 1 is 1.27 bits per heavy atom. The smallest absolute Gasteiger partial charge is 0.410 e. The Kier molecular flexibility index (Phi) is 7.15. The minimum atomic E-state index is -0.470. The van der Waals surface area contributed by atoms with Crippen LogP contribution in [0.4, 0.5) is 4.79 Å². The predicted molar refractivity (Wildman–Crippen MR) is 101 cm³/mol. The summed E-state index contributed by atoms with van der Waals surface area (Å²) in [5.74, 6) is -0.124. The van der Waals surface area contributed by atoms with E-state index >= 15 is 0 Å². The lowest BCUT2D eigenvalue weighted by molar-refractivity contribution is -0.116. The molecule has 142 valence electrons. The average Bonchev–Trinajstić information content (AvgIpc) is 2.60. The van der Waals surface area contributed by atoms with Crippen molar-refractivity contribution in [2.24, 2.45) is 0 Å². The molecule has 0 unspecified atom stereocenters. The Balaban J connectivity index is 1.63. The van der Waals surface area contributed by atoms with E-state index in [1.807, 2.05) is 32.9 Å². The minimum absolute atomic E-state index is 0.124. The maximum Gasteiger partial charge on any atom is 0.410 e. The molecule has 7 nitrogen and oxygen atoms in total. The number of rotatable bonds is 5. The van der Waals surface area contributed by atoms with E-state index in [0.717, 1.165) is 25.2 Å². The number of nitrogens with zero attached hydrogens (tertiary/aromatic N) is 3. The molecule has 2 amide bonds. The van der Waals surface area contributed by atoms with Gasteiger partial charge in [0.05, 0.1) is 0 Å². The van der Waals surface area contributed by atoms with E-state index in [1.54, 1.807) is 23.4 Å². The van der Waals surface area contributed by atoms with Gasteiger partial charge in [-0.2, -0.15) is 0 Å². The van der Waals surface area contributed by atoms with E-state index in [-0.39, 0.29) is 12.0 Å². The Bertz CT molecular complexity index is 617. The fourth-order valence-corrected chi connectivity index (χ4v) is 2.52. The van der Waals surface area contributed by atoms with Gasteiger partial charge in [0, 0.05) is 57.7 Å². The Morgan fingerprint density at radius 3 is 2.62 bits per heavy atom. The van der Waals surface area contributed by atoms with Gasteiger partial charge in [0.2, 0.25) is 5.91 Å². The van der Waals surface area contributed by atoms with Gasteiger partial charge in [0.15, 0.2) is 0 Å². The summed E-state index contributed by atoms with van der Waals surface area (Å²) in [6, 6.07) is 3.72. The molecule has 1 aliphatic rings. The van der Waals surface area contributed by atoms with Crippen LogP contribution < -0.4 is 5.32 Å². The quantitative estimate of drug-likeness (QED) is 0.810. The summed E-state index contributed by atoms with van der Waals surface area (Å²) in [4.78, 5) is 31.8. The first-order valence-electron chi connectivity index (χ1n) is 8.90. The van der Waals surface area contributed by atoms with E-state index < -0.39 is 5.60 Å². The molecule has 1 fully saturated rings. The number of hydrogen-bond donors (Lipinski definition) is 1. The normalized spacial score (nSPS) is 15.9. The second kappa shape index (κ2) is 9.33. The summed E-state index contributed by atoms with van der Waals surface area (Å²) >= 11 is 0. The van der Waals surface area contributed by atoms with Crippen LogP contribution in [-0.4, -0.2) is 71.7 Å². The van der Waals surface area contributed by atoms with Crippen LogP contribution in [0.5, 0.6) is 0 Å². The third-order valence-corrected chi connectivity index (χ3v) is 3.86. The highest BCUT2D eigenvalue weighted by molar-refractivity contribution is 5.91. The van der Waals surface area contributed by atoms with E-state index in [0.29, 0.717) is 19.6 Å². The van der Waals surface area contributed by atoms with Crippen molar-refractivity contribution < 1.29 is 14.3 Å². The Morgan fingerprint density at radius 2 is 2.00 bits per heavy atom. The number of carbonyl (C=O) groups excluding carboxylic acids is 2. The zero-order valence-electron chi connectivity index (χ0n) is 15.8. The molecule has 0 aliphatic carbocycles. The second-order valence-electron chi connectivity index (χ2n) is 7.22. The summed E-state index contributed by atoms with van der Waals surface area (Å²) < 4.78 is 5.39.